The number of amides is 1. The van der Waals surface area contributed by atoms with Crippen molar-refractivity contribution in [2.75, 3.05) is 25.9 Å². The maximum absolute atomic E-state index is 15.1. The largest absolute Gasteiger partial charge is 0.334 e. The lowest BCUT2D eigenvalue weighted by Gasteiger charge is -2.31. The molecule has 0 radical (unpaired) electrons. The van der Waals surface area contributed by atoms with Crippen LogP contribution in [0.3, 0.4) is 0 Å². The van der Waals surface area contributed by atoms with Crippen LogP contribution in [0, 0.1) is 5.82 Å². The second-order valence-corrected chi connectivity index (χ2v) is 10.6. The number of halogens is 1. The summed E-state index contributed by atoms with van der Waals surface area (Å²) in [6, 6.07) is 5.93. The molecule has 0 aliphatic carbocycles. The summed E-state index contributed by atoms with van der Waals surface area (Å²) in [5.41, 5.74) is 1.07. The number of nitrogens with zero attached hydrogens (tertiary/aromatic N) is 2. The lowest BCUT2D eigenvalue weighted by molar-refractivity contribution is 0.0692. The van der Waals surface area contributed by atoms with E-state index in [1.807, 2.05) is 11.0 Å². The van der Waals surface area contributed by atoms with Crippen molar-refractivity contribution in [1.82, 2.24) is 9.80 Å². The molecule has 6 heteroatoms. The molecule has 0 bridgehead atoms. The van der Waals surface area contributed by atoms with Crippen molar-refractivity contribution in [2.45, 2.75) is 57.5 Å². The number of hydrogen-bond donors (Lipinski definition) is 0. The first-order valence-corrected chi connectivity index (χ1v) is 13.1. The Morgan fingerprint density at radius 2 is 2.00 bits per heavy atom. The van der Waals surface area contributed by atoms with Crippen LogP contribution in [0.5, 0.6) is 0 Å². The summed E-state index contributed by atoms with van der Waals surface area (Å²) in [4.78, 5) is 18.7. The van der Waals surface area contributed by atoms with Crippen LogP contribution in [-0.4, -0.2) is 53.7 Å². The van der Waals surface area contributed by atoms with Gasteiger partial charge in [0.15, 0.2) is 0 Å². The number of benzene rings is 1. The van der Waals surface area contributed by atoms with Crippen molar-refractivity contribution in [1.29, 1.82) is 0 Å². The van der Waals surface area contributed by atoms with Gasteiger partial charge in [0, 0.05) is 34.3 Å². The van der Waals surface area contributed by atoms with E-state index in [-0.39, 0.29) is 17.5 Å². The molecule has 3 heterocycles. The molecule has 0 N–H and O–H groups in total. The molecule has 1 aromatic carbocycles. The first-order valence-electron chi connectivity index (χ1n) is 11.0. The highest BCUT2D eigenvalue weighted by Crippen LogP contribution is 2.41. The summed E-state index contributed by atoms with van der Waals surface area (Å²) in [5.74, 6) is -0.557. The van der Waals surface area contributed by atoms with Gasteiger partial charge in [-0.25, -0.2) is 4.39 Å². The number of hydrogen-bond acceptors (Lipinski definition) is 4. The number of thioether (sulfide) groups is 2. The minimum Gasteiger partial charge on any atom is -0.334 e. The zero-order valence-electron chi connectivity index (χ0n) is 17.9. The molecule has 2 saturated heterocycles. The monoisotopic (exact) mass is 446 g/mol. The van der Waals surface area contributed by atoms with Crippen molar-refractivity contribution < 1.29 is 9.18 Å². The summed E-state index contributed by atoms with van der Waals surface area (Å²) < 4.78 is 16.3. The minimum absolute atomic E-state index is 0.152. The van der Waals surface area contributed by atoms with E-state index in [9.17, 15) is 4.79 Å². The molecule has 3 nitrogen and oxygen atoms in total. The lowest BCUT2D eigenvalue weighted by Crippen LogP contribution is -2.44. The zero-order chi connectivity index (χ0) is 21.1. The van der Waals surface area contributed by atoms with Gasteiger partial charge in [0.25, 0.3) is 5.91 Å². The molecule has 4 rings (SSSR count). The van der Waals surface area contributed by atoms with Gasteiger partial charge in [0.1, 0.15) is 5.82 Å². The van der Waals surface area contributed by atoms with Gasteiger partial charge in [-0.1, -0.05) is 30.0 Å². The van der Waals surface area contributed by atoms with Gasteiger partial charge in [0.05, 0.1) is 5.56 Å². The molecule has 2 atom stereocenters. The molecule has 3 aliphatic heterocycles. The SMILES string of the molecule is CSC1=CCCC=C(c2ccc(C(=O)N3CCCC3CN3CCCC3C)c(F)c2)S1. The van der Waals surface area contributed by atoms with Crippen LogP contribution in [0.1, 0.15) is 61.4 Å². The van der Waals surface area contributed by atoms with Crippen LogP contribution >= 0.6 is 23.5 Å². The Labute approximate surface area is 188 Å². The van der Waals surface area contributed by atoms with Crippen molar-refractivity contribution in [2.24, 2.45) is 0 Å². The molecule has 0 saturated carbocycles. The van der Waals surface area contributed by atoms with Gasteiger partial charge in [-0.15, -0.1) is 11.8 Å². The maximum atomic E-state index is 15.1. The zero-order valence-corrected chi connectivity index (χ0v) is 19.5. The Morgan fingerprint density at radius 3 is 2.73 bits per heavy atom. The second-order valence-electron chi connectivity index (χ2n) is 8.45. The van der Waals surface area contributed by atoms with Crippen LogP contribution < -0.4 is 0 Å². The molecule has 162 valence electrons. The predicted octanol–water partition coefficient (Wildman–Crippen LogP) is 5.99. The van der Waals surface area contributed by atoms with E-state index in [1.54, 1.807) is 35.7 Å². The van der Waals surface area contributed by atoms with Gasteiger partial charge in [-0.2, -0.15) is 0 Å². The molecule has 30 heavy (non-hydrogen) atoms. The predicted molar refractivity (Wildman–Crippen MR) is 127 cm³/mol. The third-order valence-corrected chi connectivity index (χ3v) is 8.79. The topological polar surface area (TPSA) is 23.6 Å². The summed E-state index contributed by atoms with van der Waals surface area (Å²) in [5, 5.41) is 0. The van der Waals surface area contributed by atoms with Crippen molar-refractivity contribution >= 4 is 34.3 Å². The van der Waals surface area contributed by atoms with E-state index in [0.717, 1.165) is 55.8 Å². The van der Waals surface area contributed by atoms with Gasteiger partial charge in [-0.05, 0) is 75.9 Å². The van der Waals surface area contributed by atoms with Crippen LogP contribution in [0.2, 0.25) is 0 Å². The summed E-state index contributed by atoms with van der Waals surface area (Å²) in [7, 11) is 0. The summed E-state index contributed by atoms with van der Waals surface area (Å²) >= 11 is 3.41. The Bertz CT molecular complexity index is 854. The fraction of sp³-hybridized carbons (Fsp3) is 0.542. The fourth-order valence-corrected chi connectivity index (χ4v) is 6.48. The number of carbonyl (C=O) groups is 1. The van der Waals surface area contributed by atoms with Crippen LogP contribution in [0.4, 0.5) is 4.39 Å². The molecule has 2 unspecified atom stereocenters. The van der Waals surface area contributed by atoms with Crippen LogP contribution in [0.15, 0.2) is 34.6 Å². The van der Waals surface area contributed by atoms with Crippen LogP contribution in [0.25, 0.3) is 4.91 Å². The highest BCUT2D eigenvalue weighted by Gasteiger charge is 2.34. The standard InChI is InChI=1S/C24H31FN2OS2/c1-17-7-5-13-26(17)16-19-8-6-14-27(19)24(28)20-12-11-18(15-21(20)25)22-9-3-4-10-23(29-2)30-22/h9-12,15,17,19H,3-8,13-14,16H2,1-2H3. The van der Waals surface area contributed by atoms with E-state index in [0.29, 0.717) is 6.04 Å². The Balaban J connectivity index is 1.49. The van der Waals surface area contributed by atoms with E-state index in [4.69, 9.17) is 0 Å². The van der Waals surface area contributed by atoms with Gasteiger partial charge in [0.2, 0.25) is 0 Å². The van der Waals surface area contributed by atoms with Gasteiger partial charge < -0.3 is 4.90 Å². The number of likely N-dealkylation sites (tertiary alicyclic amines) is 2. The average Bonchev–Trinajstić information content (AvgIpc) is 3.29. The number of carbonyl (C=O) groups excluding carboxylic acids is 1. The molecule has 0 aromatic heterocycles. The molecule has 1 aromatic rings. The third-order valence-electron chi connectivity index (χ3n) is 6.48. The highest BCUT2D eigenvalue weighted by molar-refractivity contribution is 8.26. The average molecular weight is 447 g/mol. The molecular weight excluding hydrogens is 415 g/mol. The Hall–Kier alpha value is -1.24. The second kappa shape index (κ2) is 9.92. The Morgan fingerprint density at radius 1 is 1.20 bits per heavy atom. The third kappa shape index (κ3) is 4.81. The van der Waals surface area contributed by atoms with Gasteiger partial charge in [-0.3, -0.25) is 9.69 Å². The molecule has 2 fully saturated rings. The molecular formula is C24H31FN2OS2. The van der Waals surface area contributed by atoms with Crippen molar-refractivity contribution in [3.63, 3.8) is 0 Å². The van der Waals surface area contributed by atoms with E-state index in [2.05, 4.69) is 30.2 Å². The minimum atomic E-state index is -0.405. The van der Waals surface area contributed by atoms with E-state index >= 15 is 4.39 Å². The smallest absolute Gasteiger partial charge is 0.257 e. The summed E-state index contributed by atoms with van der Waals surface area (Å²) in [6.45, 7) is 5.03. The first kappa shape index (κ1) is 22.0. The van der Waals surface area contributed by atoms with Crippen LogP contribution in [-0.2, 0) is 0 Å². The van der Waals surface area contributed by atoms with Crippen molar-refractivity contribution in [3.8, 4) is 0 Å². The van der Waals surface area contributed by atoms with Gasteiger partial charge >= 0.3 is 0 Å². The molecule has 1 amide bonds. The Kier molecular flexibility index (Phi) is 7.27. The lowest BCUT2D eigenvalue weighted by atomic mass is 10.1. The number of allylic oxidation sites excluding steroid dienone is 2. The first-order chi connectivity index (χ1) is 14.6. The molecule has 3 aliphatic rings. The maximum Gasteiger partial charge on any atom is 0.257 e. The van der Waals surface area contributed by atoms with Crippen molar-refractivity contribution in [3.05, 3.63) is 51.5 Å². The normalized spacial score (nSPS) is 25.2. The number of rotatable bonds is 5. The quantitative estimate of drug-likeness (QED) is 0.554. The fourth-order valence-electron chi connectivity index (χ4n) is 4.73. The summed E-state index contributed by atoms with van der Waals surface area (Å²) in [6.07, 6.45) is 12.9. The molecule has 0 spiro atoms. The highest BCUT2D eigenvalue weighted by atomic mass is 32.2. The van der Waals surface area contributed by atoms with E-state index in [1.165, 1.54) is 17.1 Å². The van der Waals surface area contributed by atoms with E-state index < -0.39 is 5.82 Å².